The van der Waals surface area contributed by atoms with E-state index in [2.05, 4.69) is 10.3 Å². The first-order valence-electron chi connectivity index (χ1n) is 6.29. The van der Waals surface area contributed by atoms with Gasteiger partial charge < -0.3 is 15.5 Å². The molecule has 3 N–H and O–H groups in total. The largest absolute Gasteiger partial charge is 0.441 e. The molecule has 2 aromatic rings. The van der Waals surface area contributed by atoms with Crippen LogP contribution in [0.15, 0.2) is 22.6 Å². The Bertz CT molecular complexity index is 596. The molecule has 1 amide bonds. The zero-order valence-electron chi connectivity index (χ0n) is 11.5. The van der Waals surface area contributed by atoms with Gasteiger partial charge in [0.2, 0.25) is 5.91 Å². The molecule has 0 atom stereocenters. The van der Waals surface area contributed by atoms with Gasteiger partial charge in [-0.1, -0.05) is 0 Å². The van der Waals surface area contributed by atoms with Gasteiger partial charge in [-0.2, -0.15) is 0 Å². The Kier molecular flexibility index (Phi) is 3.57. The zero-order valence-corrected chi connectivity index (χ0v) is 11.5. The number of nitrogens with two attached hydrogens (primary N) is 1. The second kappa shape index (κ2) is 5.01. The molecular formula is C14H19N3O2. The van der Waals surface area contributed by atoms with Crippen LogP contribution < -0.4 is 11.1 Å². The van der Waals surface area contributed by atoms with Gasteiger partial charge in [0.25, 0.3) is 0 Å². The van der Waals surface area contributed by atoms with Gasteiger partial charge >= 0.3 is 0 Å². The molecule has 0 saturated heterocycles. The van der Waals surface area contributed by atoms with E-state index in [-0.39, 0.29) is 11.4 Å². The Balaban J connectivity index is 2.02. The minimum Gasteiger partial charge on any atom is -0.441 e. The van der Waals surface area contributed by atoms with Crippen molar-refractivity contribution in [3.05, 3.63) is 24.1 Å². The van der Waals surface area contributed by atoms with E-state index in [1.165, 1.54) is 0 Å². The maximum Gasteiger partial charge on any atom is 0.224 e. The number of benzene rings is 1. The third-order valence-corrected chi connectivity index (χ3v) is 2.77. The van der Waals surface area contributed by atoms with Crippen LogP contribution in [0.4, 0.5) is 5.69 Å². The molecule has 0 aliphatic carbocycles. The van der Waals surface area contributed by atoms with Crippen LogP contribution in [0.3, 0.4) is 0 Å². The highest BCUT2D eigenvalue weighted by Crippen LogP contribution is 2.20. The fraction of sp³-hybridized carbons (Fsp3) is 0.429. The van der Waals surface area contributed by atoms with E-state index in [9.17, 15) is 4.79 Å². The molecule has 1 heterocycles. The number of hydrogen-bond donors (Lipinski definition) is 2. The summed E-state index contributed by atoms with van der Waals surface area (Å²) in [6.45, 7) is 5.61. The van der Waals surface area contributed by atoms with Gasteiger partial charge in [0.05, 0.1) is 0 Å². The molecule has 0 aliphatic heterocycles. The molecule has 5 nitrogen and oxygen atoms in total. The number of rotatable bonds is 4. The summed E-state index contributed by atoms with van der Waals surface area (Å²) in [6.07, 6.45) is 1.05. The lowest BCUT2D eigenvalue weighted by molar-refractivity contribution is -0.116. The summed E-state index contributed by atoms with van der Waals surface area (Å²) in [4.78, 5) is 16.0. The molecule has 0 aliphatic rings. The Morgan fingerprint density at radius 3 is 2.89 bits per heavy atom. The number of carbonyl (C=O) groups is 1. The van der Waals surface area contributed by atoms with E-state index in [0.717, 1.165) is 16.8 Å². The molecule has 0 radical (unpaired) electrons. The molecule has 0 fully saturated rings. The lowest BCUT2D eigenvalue weighted by Gasteiger charge is -2.17. The van der Waals surface area contributed by atoms with Crippen molar-refractivity contribution in [1.29, 1.82) is 0 Å². The number of hydrogen-bond acceptors (Lipinski definition) is 4. The third kappa shape index (κ3) is 3.79. The van der Waals surface area contributed by atoms with Gasteiger partial charge in [0.1, 0.15) is 5.52 Å². The summed E-state index contributed by atoms with van der Waals surface area (Å²) in [5.74, 6) is 0.571. The maximum absolute atomic E-state index is 11.8. The van der Waals surface area contributed by atoms with Crippen molar-refractivity contribution >= 4 is 22.7 Å². The van der Waals surface area contributed by atoms with E-state index < -0.39 is 0 Å². The Labute approximate surface area is 112 Å². The number of nitrogens with one attached hydrogen (secondary N) is 1. The first-order chi connectivity index (χ1) is 8.83. The summed E-state index contributed by atoms with van der Waals surface area (Å²) in [5.41, 5.74) is 7.71. The number of aryl methyl sites for hydroxylation is 1. The Hall–Kier alpha value is -1.88. The maximum atomic E-state index is 11.8. The van der Waals surface area contributed by atoms with Crippen LogP contribution in [0.25, 0.3) is 11.1 Å². The number of aromatic nitrogens is 1. The van der Waals surface area contributed by atoms with E-state index in [1.807, 2.05) is 13.8 Å². The predicted octanol–water partition coefficient (Wildman–Crippen LogP) is 2.59. The number of amides is 1. The van der Waals surface area contributed by atoms with Gasteiger partial charge in [-0.15, -0.1) is 0 Å². The number of anilines is 1. The van der Waals surface area contributed by atoms with Crippen molar-refractivity contribution in [1.82, 2.24) is 4.98 Å². The molecule has 0 saturated carbocycles. The van der Waals surface area contributed by atoms with E-state index in [0.29, 0.717) is 18.7 Å². The van der Waals surface area contributed by atoms with Gasteiger partial charge in [0.15, 0.2) is 11.5 Å². The zero-order chi connectivity index (χ0) is 14.0. The molecule has 5 heteroatoms. The fourth-order valence-electron chi connectivity index (χ4n) is 1.78. The van der Waals surface area contributed by atoms with Crippen LogP contribution in [0.2, 0.25) is 0 Å². The standard InChI is InChI=1S/C14H19N3O2/c1-9-16-11-8-10(4-5-12(11)19-9)17-13(18)6-7-14(2,3)15/h4-5,8H,6-7,15H2,1-3H3,(H,17,18). The highest BCUT2D eigenvalue weighted by atomic mass is 16.3. The second-order valence-electron chi connectivity index (χ2n) is 5.45. The smallest absolute Gasteiger partial charge is 0.224 e. The average Bonchev–Trinajstić information content (AvgIpc) is 2.65. The molecule has 0 spiro atoms. The minimum absolute atomic E-state index is 0.0434. The van der Waals surface area contributed by atoms with Crippen LogP contribution in [0.5, 0.6) is 0 Å². The Morgan fingerprint density at radius 1 is 1.47 bits per heavy atom. The van der Waals surface area contributed by atoms with Gasteiger partial charge in [0, 0.05) is 24.6 Å². The lowest BCUT2D eigenvalue weighted by Crippen LogP contribution is -2.33. The molecular weight excluding hydrogens is 242 g/mol. The average molecular weight is 261 g/mol. The van der Waals surface area contributed by atoms with E-state index in [1.54, 1.807) is 25.1 Å². The molecule has 102 valence electrons. The lowest BCUT2D eigenvalue weighted by atomic mass is 10.00. The van der Waals surface area contributed by atoms with Crippen molar-refractivity contribution in [2.24, 2.45) is 5.73 Å². The van der Waals surface area contributed by atoms with Crippen molar-refractivity contribution in [2.75, 3.05) is 5.32 Å². The highest BCUT2D eigenvalue weighted by molar-refractivity contribution is 5.92. The first kappa shape index (κ1) is 13.5. The van der Waals surface area contributed by atoms with Crippen LogP contribution in [0.1, 0.15) is 32.6 Å². The second-order valence-corrected chi connectivity index (χ2v) is 5.45. The van der Waals surface area contributed by atoms with Crippen molar-refractivity contribution in [2.45, 2.75) is 39.2 Å². The SMILES string of the molecule is Cc1nc2cc(NC(=O)CCC(C)(C)N)ccc2o1. The number of fused-ring (bicyclic) bond motifs is 1. The topological polar surface area (TPSA) is 81.2 Å². The summed E-state index contributed by atoms with van der Waals surface area (Å²) in [6, 6.07) is 5.41. The molecule has 2 rings (SSSR count). The van der Waals surface area contributed by atoms with Crippen LogP contribution in [-0.4, -0.2) is 16.4 Å². The van der Waals surface area contributed by atoms with Crippen LogP contribution >= 0.6 is 0 Å². The van der Waals surface area contributed by atoms with Crippen LogP contribution in [0, 0.1) is 6.92 Å². The van der Waals surface area contributed by atoms with Gasteiger partial charge in [-0.05, 0) is 38.5 Å². The number of oxazole rings is 1. The molecule has 0 unspecified atom stereocenters. The Morgan fingerprint density at radius 2 is 2.21 bits per heavy atom. The normalized spacial score (nSPS) is 11.8. The minimum atomic E-state index is -0.329. The molecule has 1 aromatic heterocycles. The first-order valence-corrected chi connectivity index (χ1v) is 6.29. The van der Waals surface area contributed by atoms with Crippen LogP contribution in [-0.2, 0) is 4.79 Å². The van der Waals surface area contributed by atoms with Gasteiger partial charge in [-0.25, -0.2) is 4.98 Å². The van der Waals surface area contributed by atoms with Crippen molar-refractivity contribution < 1.29 is 9.21 Å². The number of carbonyl (C=O) groups excluding carboxylic acids is 1. The van der Waals surface area contributed by atoms with Gasteiger partial charge in [-0.3, -0.25) is 4.79 Å². The molecule has 0 bridgehead atoms. The monoisotopic (exact) mass is 261 g/mol. The molecule has 19 heavy (non-hydrogen) atoms. The summed E-state index contributed by atoms with van der Waals surface area (Å²) in [7, 11) is 0. The number of nitrogens with zero attached hydrogens (tertiary/aromatic N) is 1. The van der Waals surface area contributed by atoms with E-state index in [4.69, 9.17) is 10.2 Å². The third-order valence-electron chi connectivity index (χ3n) is 2.77. The van der Waals surface area contributed by atoms with E-state index >= 15 is 0 Å². The van der Waals surface area contributed by atoms with Crippen molar-refractivity contribution in [3.63, 3.8) is 0 Å². The quantitative estimate of drug-likeness (QED) is 0.886. The fourth-order valence-corrected chi connectivity index (χ4v) is 1.78. The highest BCUT2D eigenvalue weighted by Gasteiger charge is 2.13. The summed E-state index contributed by atoms with van der Waals surface area (Å²) < 4.78 is 5.38. The van der Waals surface area contributed by atoms with Crippen molar-refractivity contribution in [3.8, 4) is 0 Å². The predicted molar refractivity (Wildman–Crippen MR) is 74.9 cm³/mol. The summed E-state index contributed by atoms with van der Waals surface area (Å²) in [5, 5.41) is 2.84. The summed E-state index contributed by atoms with van der Waals surface area (Å²) >= 11 is 0. The molecule has 1 aromatic carbocycles.